The molecule has 0 atom stereocenters. The fourth-order valence-electron chi connectivity index (χ4n) is 3.93. The molecule has 3 rings (SSSR count). The Hall–Kier alpha value is -2.60. The van der Waals surface area contributed by atoms with Gasteiger partial charge in [0.15, 0.2) is 5.75 Å². The lowest BCUT2D eigenvalue weighted by Gasteiger charge is -2.35. The normalized spacial score (nSPS) is 15.4. The van der Waals surface area contributed by atoms with E-state index < -0.39 is 27.5 Å². The monoisotopic (exact) mass is 516 g/mol. The molecule has 8 nitrogen and oxygen atoms in total. The van der Waals surface area contributed by atoms with Gasteiger partial charge in [-0.25, -0.2) is 8.42 Å². The molecule has 1 saturated heterocycles. The highest BCUT2D eigenvalue weighted by molar-refractivity contribution is 7.89. The van der Waals surface area contributed by atoms with Crippen molar-refractivity contribution in [3.8, 4) is 11.4 Å². The van der Waals surface area contributed by atoms with Crippen LogP contribution in [0.15, 0.2) is 41.3 Å². The Labute approximate surface area is 203 Å². The maximum Gasteiger partial charge on any atom is 0.404 e. The van der Waals surface area contributed by atoms with Crippen molar-refractivity contribution >= 4 is 15.7 Å². The molecule has 2 aromatic rings. The summed E-state index contributed by atoms with van der Waals surface area (Å²) in [7, 11) is -4.46. The molecule has 2 heterocycles. The molecule has 0 radical (unpaired) electrons. The van der Waals surface area contributed by atoms with Crippen molar-refractivity contribution in [1.82, 2.24) is 14.1 Å². The smallest absolute Gasteiger partial charge is 0.404 e. The summed E-state index contributed by atoms with van der Waals surface area (Å²) >= 11 is 0. The number of benzene rings is 1. The molecule has 0 N–H and O–H groups in total. The van der Waals surface area contributed by atoms with Crippen LogP contribution in [0.3, 0.4) is 0 Å². The molecule has 35 heavy (non-hydrogen) atoms. The van der Waals surface area contributed by atoms with Crippen LogP contribution < -0.4 is 15.2 Å². The number of sulfonamides is 1. The highest BCUT2D eigenvalue weighted by atomic mass is 32.2. The third-order valence-corrected chi connectivity index (χ3v) is 7.57. The van der Waals surface area contributed by atoms with Crippen LogP contribution in [0.1, 0.15) is 39.0 Å². The number of unbranched alkanes of at least 4 members (excludes halogenated alkanes) is 4. The second-order valence-electron chi connectivity index (χ2n) is 8.43. The Bertz CT molecular complexity index is 1120. The standard InChI is InChI=1S/C23H31F3N4O4S/c1-2-3-4-5-9-16-34-21-20(17-27-30(22(21)31)19-10-7-6-8-11-19)28-12-14-29(15-13-28)35(32,33)18-23(24,25)26/h6-8,10-11,17H,2-5,9,12-16,18H2,1H3. The molecule has 0 spiro atoms. The van der Waals surface area contributed by atoms with Gasteiger partial charge in [-0.1, -0.05) is 50.8 Å². The lowest BCUT2D eigenvalue weighted by Crippen LogP contribution is -2.51. The molecule has 1 fully saturated rings. The molecule has 1 aromatic heterocycles. The predicted molar refractivity (Wildman–Crippen MR) is 128 cm³/mol. The van der Waals surface area contributed by atoms with E-state index >= 15 is 0 Å². The number of nitrogens with zero attached hydrogens (tertiary/aromatic N) is 4. The third kappa shape index (κ3) is 7.44. The summed E-state index contributed by atoms with van der Waals surface area (Å²) in [6.07, 6.45) is 1.74. The minimum absolute atomic E-state index is 0.103. The topological polar surface area (TPSA) is 84.7 Å². The summed E-state index contributed by atoms with van der Waals surface area (Å²) in [5, 5.41) is 4.27. The van der Waals surface area contributed by atoms with Gasteiger partial charge >= 0.3 is 11.7 Å². The van der Waals surface area contributed by atoms with Crippen molar-refractivity contribution < 1.29 is 26.3 Å². The van der Waals surface area contributed by atoms with Crippen LogP contribution in [-0.2, 0) is 10.0 Å². The quantitative estimate of drug-likeness (QED) is 0.425. The van der Waals surface area contributed by atoms with E-state index in [2.05, 4.69) is 12.0 Å². The summed E-state index contributed by atoms with van der Waals surface area (Å²) in [6.45, 7) is 2.43. The second-order valence-corrected chi connectivity index (χ2v) is 10.4. The lowest BCUT2D eigenvalue weighted by atomic mass is 10.2. The minimum Gasteiger partial charge on any atom is -0.486 e. The van der Waals surface area contributed by atoms with Gasteiger partial charge in [0.05, 0.1) is 18.5 Å². The number of piperazine rings is 1. The molecule has 0 bridgehead atoms. The van der Waals surface area contributed by atoms with Gasteiger partial charge < -0.3 is 9.64 Å². The number of ether oxygens (including phenoxy) is 1. The molecule has 12 heteroatoms. The molecule has 1 aromatic carbocycles. The van der Waals surface area contributed by atoms with Gasteiger partial charge in [-0.2, -0.15) is 27.3 Å². The van der Waals surface area contributed by atoms with Gasteiger partial charge in [0, 0.05) is 26.2 Å². The Kier molecular flexibility index (Phi) is 9.17. The van der Waals surface area contributed by atoms with E-state index in [0.29, 0.717) is 18.0 Å². The van der Waals surface area contributed by atoms with Crippen molar-refractivity contribution in [2.24, 2.45) is 0 Å². The Morgan fingerprint density at radius 2 is 1.66 bits per heavy atom. The number of hydrogen-bond donors (Lipinski definition) is 0. The second kappa shape index (κ2) is 11.9. The zero-order chi connectivity index (χ0) is 25.5. The summed E-state index contributed by atoms with van der Waals surface area (Å²) in [6, 6.07) is 8.88. The fourth-order valence-corrected chi connectivity index (χ4v) is 5.24. The number of aromatic nitrogens is 2. The molecule has 0 unspecified atom stereocenters. The highest BCUT2D eigenvalue weighted by Gasteiger charge is 2.39. The van der Waals surface area contributed by atoms with Gasteiger partial charge in [0.25, 0.3) is 0 Å². The predicted octanol–water partition coefficient (Wildman–Crippen LogP) is 3.60. The van der Waals surface area contributed by atoms with Crippen LogP contribution in [0.5, 0.6) is 5.75 Å². The van der Waals surface area contributed by atoms with Gasteiger partial charge in [-0.05, 0) is 18.6 Å². The van der Waals surface area contributed by atoms with Crippen LogP contribution in [0.2, 0.25) is 0 Å². The maximum absolute atomic E-state index is 13.3. The van der Waals surface area contributed by atoms with E-state index in [4.69, 9.17) is 4.74 Å². The Morgan fingerprint density at radius 3 is 2.29 bits per heavy atom. The van der Waals surface area contributed by atoms with Crippen LogP contribution in [-0.4, -0.2) is 67.2 Å². The van der Waals surface area contributed by atoms with Gasteiger partial charge in [0.2, 0.25) is 15.8 Å². The number of alkyl halides is 3. The van der Waals surface area contributed by atoms with Crippen LogP contribution in [0, 0.1) is 0 Å². The van der Waals surface area contributed by atoms with Crippen molar-refractivity contribution in [1.29, 1.82) is 0 Å². The van der Waals surface area contributed by atoms with E-state index in [9.17, 15) is 26.4 Å². The first kappa shape index (κ1) is 27.0. The zero-order valence-corrected chi connectivity index (χ0v) is 20.5. The van der Waals surface area contributed by atoms with Crippen LogP contribution in [0.4, 0.5) is 18.9 Å². The number of anilines is 1. The average Bonchev–Trinajstić information content (AvgIpc) is 2.81. The average molecular weight is 517 g/mol. The summed E-state index contributed by atoms with van der Waals surface area (Å²) < 4.78 is 70.2. The molecule has 1 aliphatic rings. The van der Waals surface area contributed by atoms with Crippen LogP contribution >= 0.6 is 0 Å². The number of halogens is 3. The highest BCUT2D eigenvalue weighted by Crippen LogP contribution is 2.27. The minimum atomic E-state index is -4.81. The van der Waals surface area contributed by atoms with E-state index in [1.165, 1.54) is 10.9 Å². The summed E-state index contributed by atoms with van der Waals surface area (Å²) in [5.41, 5.74) is 0.526. The van der Waals surface area contributed by atoms with E-state index in [1.54, 1.807) is 29.2 Å². The summed E-state index contributed by atoms with van der Waals surface area (Å²) in [5.74, 6) is -1.79. The SMILES string of the molecule is CCCCCCCOc1c(N2CCN(S(=O)(=O)CC(F)(F)F)CC2)cnn(-c2ccccc2)c1=O. The molecule has 1 aliphatic heterocycles. The van der Waals surface area contributed by atoms with E-state index in [-0.39, 0.29) is 31.9 Å². The molecular formula is C23H31F3N4O4S. The molecule has 0 amide bonds. The Morgan fingerprint density at radius 1 is 1.00 bits per heavy atom. The zero-order valence-electron chi connectivity index (χ0n) is 19.7. The lowest BCUT2D eigenvalue weighted by molar-refractivity contribution is -0.107. The van der Waals surface area contributed by atoms with Gasteiger partial charge in [-0.15, -0.1) is 0 Å². The number of para-hydroxylation sites is 1. The Balaban J connectivity index is 1.79. The van der Waals surface area contributed by atoms with Crippen LogP contribution in [0.25, 0.3) is 5.69 Å². The van der Waals surface area contributed by atoms with E-state index in [1.807, 2.05) is 6.07 Å². The number of rotatable bonds is 11. The first-order valence-corrected chi connectivity index (χ1v) is 13.3. The maximum atomic E-state index is 13.3. The largest absolute Gasteiger partial charge is 0.486 e. The molecular weight excluding hydrogens is 485 g/mol. The van der Waals surface area contributed by atoms with Crippen molar-refractivity contribution in [2.75, 3.05) is 43.4 Å². The molecule has 0 saturated carbocycles. The summed E-state index contributed by atoms with van der Waals surface area (Å²) in [4.78, 5) is 15.0. The molecule has 194 valence electrons. The molecule has 0 aliphatic carbocycles. The van der Waals surface area contributed by atoms with Gasteiger partial charge in [0.1, 0.15) is 5.69 Å². The number of hydrogen-bond acceptors (Lipinski definition) is 6. The van der Waals surface area contributed by atoms with Crippen molar-refractivity contribution in [3.05, 3.63) is 46.9 Å². The first-order chi connectivity index (χ1) is 16.6. The van der Waals surface area contributed by atoms with Crippen molar-refractivity contribution in [3.63, 3.8) is 0 Å². The first-order valence-electron chi connectivity index (χ1n) is 11.7. The third-order valence-electron chi connectivity index (χ3n) is 5.73. The fraction of sp³-hybridized carbons (Fsp3) is 0.565. The van der Waals surface area contributed by atoms with Crippen molar-refractivity contribution in [2.45, 2.75) is 45.2 Å². The van der Waals surface area contributed by atoms with Gasteiger partial charge in [-0.3, -0.25) is 4.79 Å². The van der Waals surface area contributed by atoms with E-state index in [0.717, 1.165) is 36.4 Å².